The van der Waals surface area contributed by atoms with E-state index in [1.807, 2.05) is 0 Å². The molecule has 0 spiro atoms. The summed E-state index contributed by atoms with van der Waals surface area (Å²) in [6.45, 7) is 4.53. The van der Waals surface area contributed by atoms with E-state index < -0.39 is 0 Å². The Morgan fingerprint density at radius 3 is 1.57 bits per heavy atom. The molecule has 0 amide bonds. The van der Waals surface area contributed by atoms with Gasteiger partial charge in [0.2, 0.25) is 0 Å². The maximum atomic E-state index is 6.43. The van der Waals surface area contributed by atoms with Crippen LogP contribution in [0.2, 0.25) is 5.31 Å². The van der Waals surface area contributed by atoms with Gasteiger partial charge in [-0.05, 0) is 61.7 Å². The second-order valence-corrected chi connectivity index (χ2v) is 6.92. The molecular formula is C13H21B. The predicted octanol–water partition coefficient (Wildman–Crippen LogP) is 3.57. The summed E-state index contributed by atoms with van der Waals surface area (Å²) in [5, 5.41) is 0.0585. The van der Waals surface area contributed by atoms with Crippen molar-refractivity contribution in [2.24, 2.45) is 23.2 Å². The van der Waals surface area contributed by atoms with Crippen LogP contribution in [-0.2, 0) is 0 Å². The van der Waals surface area contributed by atoms with Gasteiger partial charge in [-0.3, -0.25) is 0 Å². The van der Waals surface area contributed by atoms with Gasteiger partial charge in [0.25, 0.3) is 0 Å². The largest absolute Gasteiger partial charge is 0.0746 e. The normalized spacial score (nSPS) is 51.1. The van der Waals surface area contributed by atoms with Gasteiger partial charge in [0.15, 0.2) is 0 Å². The van der Waals surface area contributed by atoms with Crippen LogP contribution in [0.1, 0.15) is 52.4 Å². The molecular weight excluding hydrogens is 167 g/mol. The average Bonchev–Trinajstić information content (AvgIpc) is 1.98. The Bertz CT molecular complexity index is 213. The minimum atomic E-state index is 0.0585. The molecule has 4 fully saturated rings. The van der Waals surface area contributed by atoms with Gasteiger partial charge < -0.3 is 0 Å². The molecule has 0 aromatic carbocycles. The van der Waals surface area contributed by atoms with Gasteiger partial charge in [-0.25, -0.2) is 0 Å². The number of hydrogen-bond donors (Lipinski definition) is 0. The van der Waals surface area contributed by atoms with E-state index in [9.17, 15) is 0 Å². The smallest absolute Gasteiger partial charge is 0.0674 e. The summed E-state index contributed by atoms with van der Waals surface area (Å²) in [5.74, 6) is 3.09. The first-order chi connectivity index (χ1) is 6.48. The molecule has 4 aliphatic carbocycles. The Labute approximate surface area is 89.3 Å². The molecule has 0 heterocycles. The molecule has 76 valence electrons. The van der Waals surface area contributed by atoms with E-state index in [1.54, 1.807) is 0 Å². The second kappa shape index (κ2) is 2.60. The molecule has 0 saturated heterocycles. The minimum Gasteiger partial charge on any atom is -0.0674 e. The highest BCUT2D eigenvalue weighted by Crippen LogP contribution is 2.67. The lowest BCUT2D eigenvalue weighted by Crippen LogP contribution is -2.50. The summed E-state index contributed by atoms with van der Waals surface area (Å²) in [7, 11) is 6.43. The van der Waals surface area contributed by atoms with E-state index in [1.165, 1.54) is 38.5 Å². The minimum absolute atomic E-state index is 0.0585. The number of hydrogen-bond acceptors (Lipinski definition) is 0. The monoisotopic (exact) mass is 188 g/mol. The Hall–Kier alpha value is 0.0649. The zero-order valence-electron chi connectivity index (χ0n) is 9.55. The molecule has 0 atom stereocenters. The van der Waals surface area contributed by atoms with Crippen molar-refractivity contribution in [3.8, 4) is 0 Å². The maximum Gasteiger partial charge on any atom is 0.0746 e. The van der Waals surface area contributed by atoms with E-state index in [0.717, 1.165) is 17.8 Å². The first kappa shape index (κ1) is 9.30. The van der Waals surface area contributed by atoms with Crippen molar-refractivity contribution in [1.29, 1.82) is 0 Å². The molecule has 0 unspecified atom stereocenters. The van der Waals surface area contributed by atoms with E-state index >= 15 is 0 Å². The van der Waals surface area contributed by atoms with Crippen molar-refractivity contribution in [2.75, 3.05) is 0 Å². The predicted molar refractivity (Wildman–Crippen MR) is 60.4 cm³/mol. The van der Waals surface area contributed by atoms with Crippen LogP contribution >= 0.6 is 0 Å². The quantitative estimate of drug-likeness (QED) is 0.552. The highest BCUT2D eigenvalue weighted by Gasteiger charge is 2.54. The van der Waals surface area contributed by atoms with E-state index in [-0.39, 0.29) is 5.31 Å². The molecule has 14 heavy (non-hydrogen) atoms. The van der Waals surface area contributed by atoms with Crippen LogP contribution in [0.25, 0.3) is 0 Å². The van der Waals surface area contributed by atoms with Crippen LogP contribution in [0.15, 0.2) is 0 Å². The first-order valence-corrected chi connectivity index (χ1v) is 6.27. The summed E-state index contributed by atoms with van der Waals surface area (Å²) in [6.07, 6.45) is 8.87. The lowest BCUT2D eigenvalue weighted by molar-refractivity contribution is -0.0732. The van der Waals surface area contributed by atoms with Crippen molar-refractivity contribution >= 4 is 7.85 Å². The van der Waals surface area contributed by atoms with E-state index in [4.69, 9.17) is 7.85 Å². The molecule has 2 radical (unpaired) electrons. The highest BCUT2D eigenvalue weighted by atomic mass is 14.6. The Morgan fingerprint density at radius 1 is 0.929 bits per heavy atom. The third-order valence-corrected chi connectivity index (χ3v) is 5.41. The molecule has 0 aliphatic heterocycles. The van der Waals surface area contributed by atoms with Gasteiger partial charge in [-0.2, -0.15) is 0 Å². The molecule has 0 aromatic rings. The van der Waals surface area contributed by atoms with Gasteiger partial charge in [0.1, 0.15) is 0 Å². The SMILES string of the molecule is [B]C(C)(C)C12CC3CC(CC(C3)C1)C2. The molecule has 0 nitrogen and oxygen atoms in total. The van der Waals surface area contributed by atoms with Crippen molar-refractivity contribution in [1.82, 2.24) is 0 Å². The number of rotatable bonds is 1. The van der Waals surface area contributed by atoms with Crippen LogP contribution in [0.3, 0.4) is 0 Å². The van der Waals surface area contributed by atoms with Gasteiger partial charge in [0.05, 0.1) is 7.85 Å². The highest BCUT2D eigenvalue weighted by molar-refractivity contribution is 6.15. The first-order valence-electron chi connectivity index (χ1n) is 6.27. The molecule has 4 aliphatic rings. The van der Waals surface area contributed by atoms with Crippen molar-refractivity contribution in [3.05, 3.63) is 0 Å². The molecule has 1 heteroatoms. The van der Waals surface area contributed by atoms with E-state index in [2.05, 4.69) is 13.8 Å². The van der Waals surface area contributed by atoms with Gasteiger partial charge in [-0.15, -0.1) is 0 Å². The third kappa shape index (κ3) is 1.14. The molecule has 4 saturated carbocycles. The summed E-state index contributed by atoms with van der Waals surface area (Å²) >= 11 is 0. The van der Waals surface area contributed by atoms with Crippen LogP contribution in [-0.4, -0.2) is 7.85 Å². The maximum absolute atomic E-state index is 6.43. The topological polar surface area (TPSA) is 0 Å². The summed E-state index contributed by atoms with van der Waals surface area (Å²) in [4.78, 5) is 0. The average molecular weight is 188 g/mol. The lowest BCUT2D eigenvalue weighted by atomic mass is 9.39. The summed E-state index contributed by atoms with van der Waals surface area (Å²) in [5.41, 5.74) is 0.516. The third-order valence-electron chi connectivity index (χ3n) is 5.41. The zero-order valence-corrected chi connectivity index (χ0v) is 9.55. The summed E-state index contributed by atoms with van der Waals surface area (Å²) in [6, 6.07) is 0. The fourth-order valence-corrected chi connectivity index (χ4v) is 4.90. The summed E-state index contributed by atoms with van der Waals surface area (Å²) < 4.78 is 0. The second-order valence-electron chi connectivity index (χ2n) is 6.92. The molecule has 0 aromatic heterocycles. The Balaban J connectivity index is 1.95. The standard InChI is InChI=1S/C13H21B/c1-12(2,14)13-6-9-3-10(7-13)5-11(4-9)8-13/h9-11H,3-8H2,1-2H3. The van der Waals surface area contributed by atoms with E-state index in [0.29, 0.717) is 5.41 Å². The lowest BCUT2D eigenvalue weighted by Gasteiger charge is -2.62. The molecule has 4 rings (SSSR count). The fourth-order valence-electron chi connectivity index (χ4n) is 4.90. The van der Waals surface area contributed by atoms with Crippen molar-refractivity contribution in [2.45, 2.75) is 57.7 Å². The Morgan fingerprint density at radius 2 is 1.29 bits per heavy atom. The Kier molecular flexibility index (Phi) is 1.73. The molecule has 4 bridgehead atoms. The van der Waals surface area contributed by atoms with Gasteiger partial charge in [-0.1, -0.05) is 19.2 Å². The van der Waals surface area contributed by atoms with Crippen LogP contribution < -0.4 is 0 Å². The van der Waals surface area contributed by atoms with Crippen molar-refractivity contribution in [3.63, 3.8) is 0 Å². The van der Waals surface area contributed by atoms with Gasteiger partial charge >= 0.3 is 0 Å². The van der Waals surface area contributed by atoms with Gasteiger partial charge in [0, 0.05) is 0 Å². The molecule has 0 N–H and O–H groups in total. The van der Waals surface area contributed by atoms with Crippen molar-refractivity contribution < 1.29 is 0 Å². The van der Waals surface area contributed by atoms with Crippen LogP contribution in [0.5, 0.6) is 0 Å². The zero-order chi connectivity index (χ0) is 9.97. The fraction of sp³-hybridized carbons (Fsp3) is 1.00. The van der Waals surface area contributed by atoms with Crippen LogP contribution in [0.4, 0.5) is 0 Å². The van der Waals surface area contributed by atoms with Crippen LogP contribution in [0, 0.1) is 23.2 Å².